The average molecular weight is 180 g/mol. The molecule has 0 bridgehead atoms. The molecule has 13 heavy (non-hydrogen) atoms. The van der Waals surface area contributed by atoms with Crippen LogP contribution >= 0.6 is 0 Å². The molecule has 0 aliphatic heterocycles. The van der Waals surface area contributed by atoms with Crippen molar-refractivity contribution in [2.75, 3.05) is 0 Å². The van der Waals surface area contributed by atoms with E-state index in [0.29, 0.717) is 5.92 Å². The molecule has 1 aromatic rings. The molecule has 0 amide bonds. The van der Waals surface area contributed by atoms with Crippen molar-refractivity contribution >= 4 is 0 Å². The molecule has 1 heteroatoms. The van der Waals surface area contributed by atoms with Gasteiger partial charge in [0.05, 0.1) is 0 Å². The zero-order chi connectivity index (χ0) is 10.2. The van der Waals surface area contributed by atoms with Gasteiger partial charge in [-0.15, -0.1) is 0 Å². The van der Waals surface area contributed by atoms with Crippen LogP contribution in [0.5, 0.6) is 0 Å². The van der Waals surface area contributed by atoms with E-state index in [4.69, 9.17) is 0 Å². The monoisotopic (exact) mass is 180 g/mol. The summed E-state index contributed by atoms with van der Waals surface area (Å²) in [6.45, 7) is 9.95. The fourth-order valence-corrected chi connectivity index (χ4v) is 1.68. The minimum absolute atomic E-state index is 0.0538. The lowest BCUT2D eigenvalue weighted by Crippen LogP contribution is -1.99. The minimum Gasteiger partial charge on any atom is -0.206 e. The number of hydrogen-bond donors (Lipinski definition) is 0. The van der Waals surface area contributed by atoms with E-state index in [1.54, 1.807) is 0 Å². The largest absolute Gasteiger partial charge is 0.206 e. The lowest BCUT2D eigenvalue weighted by atomic mass is 9.92. The first-order valence-corrected chi connectivity index (χ1v) is 4.71. The van der Waals surface area contributed by atoms with Gasteiger partial charge in [0, 0.05) is 0 Å². The van der Waals surface area contributed by atoms with Crippen molar-refractivity contribution < 1.29 is 4.39 Å². The molecule has 1 rings (SSSR count). The maximum Gasteiger partial charge on any atom is 0.129 e. The quantitative estimate of drug-likeness (QED) is 0.615. The topological polar surface area (TPSA) is 0 Å². The van der Waals surface area contributed by atoms with Gasteiger partial charge in [0.1, 0.15) is 5.82 Å². The van der Waals surface area contributed by atoms with Crippen LogP contribution in [0.3, 0.4) is 0 Å². The maximum absolute atomic E-state index is 13.4. The van der Waals surface area contributed by atoms with Crippen LogP contribution in [-0.2, 0) is 0 Å². The van der Waals surface area contributed by atoms with Gasteiger partial charge in [0.25, 0.3) is 0 Å². The van der Waals surface area contributed by atoms with Crippen molar-refractivity contribution in [3.8, 4) is 0 Å². The first-order valence-electron chi connectivity index (χ1n) is 4.71. The number of hydrogen-bond acceptors (Lipinski definition) is 0. The van der Waals surface area contributed by atoms with Crippen LogP contribution in [0.4, 0.5) is 4.39 Å². The van der Waals surface area contributed by atoms with Gasteiger partial charge >= 0.3 is 0 Å². The zero-order valence-electron chi connectivity index (χ0n) is 9.03. The van der Waals surface area contributed by atoms with Crippen LogP contribution in [0.15, 0.2) is 6.07 Å². The molecule has 0 fully saturated rings. The standard InChI is InChI=1S/C12H17F/c1-7(2)11-6-8(3)12(13)10(5)9(11)4/h6-7H,1-5H3. The van der Waals surface area contributed by atoms with Gasteiger partial charge in [-0.1, -0.05) is 19.9 Å². The summed E-state index contributed by atoms with van der Waals surface area (Å²) in [5.74, 6) is 0.417. The molecule has 0 nitrogen and oxygen atoms in total. The number of halogens is 1. The maximum atomic E-state index is 13.4. The van der Waals surface area contributed by atoms with Crippen LogP contribution in [-0.4, -0.2) is 0 Å². The first-order chi connectivity index (χ1) is 5.95. The Morgan fingerprint density at radius 3 is 2.08 bits per heavy atom. The average Bonchev–Trinajstić information content (AvgIpc) is 2.07. The molecule has 0 radical (unpaired) electrons. The van der Waals surface area contributed by atoms with Crippen molar-refractivity contribution in [1.82, 2.24) is 0 Å². The Bertz CT molecular complexity index is 324. The molecule has 0 N–H and O–H groups in total. The fourth-order valence-electron chi connectivity index (χ4n) is 1.68. The number of benzene rings is 1. The van der Waals surface area contributed by atoms with E-state index in [2.05, 4.69) is 13.8 Å². The third-order valence-corrected chi connectivity index (χ3v) is 2.66. The van der Waals surface area contributed by atoms with E-state index in [1.807, 2.05) is 26.8 Å². The Morgan fingerprint density at radius 1 is 1.08 bits per heavy atom. The second-order valence-corrected chi connectivity index (χ2v) is 4.00. The Hall–Kier alpha value is -0.850. The first kappa shape index (κ1) is 10.2. The molecule has 0 atom stereocenters. The predicted octanol–water partition coefficient (Wildman–Crippen LogP) is 3.87. The van der Waals surface area contributed by atoms with Crippen LogP contribution in [0, 0.1) is 26.6 Å². The molecule has 0 heterocycles. The Balaban J connectivity index is 3.41. The molecule has 0 saturated heterocycles. The fraction of sp³-hybridized carbons (Fsp3) is 0.500. The van der Waals surface area contributed by atoms with E-state index >= 15 is 0 Å². The highest BCUT2D eigenvalue weighted by molar-refractivity contribution is 5.40. The summed E-state index contributed by atoms with van der Waals surface area (Å²) >= 11 is 0. The van der Waals surface area contributed by atoms with Crippen molar-refractivity contribution in [2.24, 2.45) is 0 Å². The molecule has 1 aromatic carbocycles. The van der Waals surface area contributed by atoms with E-state index in [1.165, 1.54) is 5.56 Å². The third-order valence-electron chi connectivity index (χ3n) is 2.66. The van der Waals surface area contributed by atoms with Gasteiger partial charge in [-0.2, -0.15) is 0 Å². The molecule has 72 valence electrons. The molecule has 0 spiro atoms. The highest BCUT2D eigenvalue weighted by Crippen LogP contribution is 2.25. The lowest BCUT2D eigenvalue weighted by Gasteiger charge is -2.14. The van der Waals surface area contributed by atoms with Gasteiger partial charge < -0.3 is 0 Å². The summed E-state index contributed by atoms with van der Waals surface area (Å²) in [5.41, 5.74) is 3.91. The van der Waals surface area contributed by atoms with E-state index in [-0.39, 0.29) is 5.82 Å². The summed E-state index contributed by atoms with van der Waals surface area (Å²) in [6, 6.07) is 1.96. The van der Waals surface area contributed by atoms with Crippen LogP contribution in [0.25, 0.3) is 0 Å². The van der Waals surface area contributed by atoms with E-state index in [0.717, 1.165) is 16.7 Å². The van der Waals surface area contributed by atoms with Gasteiger partial charge in [-0.25, -0.2) is 4.39 Å². The molecular formula is C12H17F. The lowest BCUT2D eigenvalue weighted by molar-refractivity contribution is 0.605. The van der Waals surface area contributed by atoms with Crippen LogP contribution < -0.4 is 0 Å². The highest BCUT2D eigenvalue weighted by Gasteiger charge is 2.11. The molecule has 0 aliphatic rings. The summed E-state index contributed by atoms with van der Waals surface area (Å²) < 4.78 is 13.4. The van der Waals surface area contributed by atoms with Crippen molar-refractivity contribution in [3.63, 3.8) is 0 Å². The van der Waals surface area contributed by atoms with Gasteiger partial charge in [0.15, 0.2) is 0 Å². The van der Waals surface area contributed by atoms with Gasteiger partial charge in [0.2, 0.25) is 0 Å². The Labute approximate surface area is 79.8 Å². The minimum atomic E-state index is -0.0538. The van der Waals surface area contributed by atoms with E-state index < -0.39 is 0 Å². The van der Waals surface area contributed by atoms with Crippen LogP contribution in [0.1, 0.15) is 42.0 Å². The second-order valence-electron chi connectivity index (χ2n) is 4.00. The zero-order valence-corrected chi connectivity index (χ0v) is 9.03. The summed E-state index contributed by atoms with van der Waals surface area (Å²) in [6.07, 6.45) is 0. The number of rotatable bonds is 1. The van der Waals surface area contributed by atoms with Gasteiger partial charge in [-0.3, -0.25) is 0 Å². The Kier molecular flexibility index (Phi) is 2.74. The third kappa shape index (κ3) is 1.74. The molecule has 0 aromatic heterocycles. The predicted molar refractivity (Wildman–Crippen MR) is 54.7 cm³/mol. The normalized spacial score (nSPS) is 11.0. The molecular weight excluding hydrogens is 163 g/mol. The van der Waals surface area contributed by atoms with Gasteiger partial charge in [-0.05, 0) is 48.9 Å². The summed E-state index contributed by atoms with van der Waals surface area (Å²) in [5, 5.41) is 0. The summed E-state index contributed by atoms with van der Waals surface area (Å²) in [4.78, 5) is 0. The van der Waals surface area contributed by atoms with E-state index in [9.17, 15) is 4.39 Å². The second kappa shape index (κ2) is 3.49. The smallest absolute Gasteiger partial charge is 0.129 e. The Morgan fingerprint density at radius 2 is 1.62 bits per heavy atom. The molecule has 0 saturated carbocycles. The molecule has 0 aliphatic carbocycles. The van der Waals surface area contributed by atoms with Crippen molar-refractivity contribution in [2.45, 2.75) is 40.5 Å². The van der Waals surface area contributed by atoms with Crippen molar-refractivity contribution in [3.05, 3.63) is 34.1 Å². The molecule has 0 unspecified atom stereocenters. The number of aryl methyl sites for hydroxylation is 1. The highest BCUT2D eigenvalue weighted by atomic mass is 19.1. The summed E-state index contributed by atoms with van der Waals surface area (Å²) in [7, 11) is 0. The van der Waals surface area contributed by atoms with Crippen LogP contribution in [0.2, 0.25) is 0 Å². The van der Waals surface area contributed by atoms with Crippen molar-refractivity contribution in [1.29, 1.82) is 0 Å². The SMILES string of the molecule is Cc1cc(C(C)C)c(C)c(C)c1F.